The molecule has 2 aromatic carbocycles. The van der Waals surface area contributed by atoms with E-state index in [0.29, 0.717) is 12.2 Å². The number of ether oxygens (including phenoxy) is 1. The van der Waals surface area contributed by atoms with Gasteiger partial charge < -0.3 is 9.26 Å². The Bertz CT molecular complexity index is 1120. The van der Waals surface area contributed by atoms with Crippen LogP contribution in [0.15, 0.2) is 65.2 Å². The highest BCUT2D eigenvalue weighted by molar-refractivity contribution is 6.04. The van der Waals surface area contributed by atoms with Gasteiger partial charge >= 0.3 is 5.69 Å². The first-order valence-electron chi connectivity index (χ1n) is 9.54. The van der Waals surface area contributed by atoms with E-state index in [1.165, 1.54) is 6.92 Å². The molecular weight excluding hydrogens is 384 g/mol. The van der Waals surface area contributed by atoms with E-state index in [4.69, 9.17) is 9.26 Å². The normalized spacial score (nSPS) is 18.7. The highest BCUT2D eigenvalue weighted by Crippen LogP contribution is 2.47. The number of carbonyl (C=O) groups excluding carboxylic acids is 1. The maximum absolute atomic E-state index is 13.3. The van der Waals surface area contributed by atoms with Crippen LogP contribution in [0.2, 0.25) is 0 Å². The summed E-state index contributed by atoms with van der Waals surface area (Å²) in [5.41, 5.74) is 2.64. The lowest BCUT2D eigenvalue weighted by Crippen LogP contribution is -2.24. The summed E-state index contributed by atoms with van der Waals surface area (Å²) in [6.07, 6.45) is 2.10. The summed E-state index contributed by atoms with van der Waals surface area (Å²) in [7, 11) is 1.58. The summed E-state index contributed by atoms with van der Waals surface area (Å²) in [5, 5.41) is 15.4. The predicted molar refractivity (Wildman–Crippen MR) is 110 cm³/mol. The molecule has 0 unspecified atom stereocenters. The molecule has 0 aliphatic heterocycles. The van der Waals surface area contributed by atoms with Crippen molar-refractivity contribution in [2.45, 2.75) is 25.2 Å². The largest absolute Gasteiger partial charge is 0.497 e. The van der Waals surface area contributed by atoms with Gasteiger partial charge in [0.2, 0.25) is 5.76 Å². The number of hydrogen-bond acceptors (Lipinski definition) is 6. The van der Waals surface area contributed by atoms with E-state index < -0.39 is 10.8 Å². The lowest BCUT2D eigenvalue weighted by molar-refractivity contribution is -0.386. The molecular formula is C23H20N2O5. The van der Waals surface area contributed by atoms with Crippen LogP contribution in [0.5, 0.6) is 5.75 Å². The van der Waals surface area contributed by atoms with E-state index in [1.54, 1.807) is 13.2 Å². The average Bonchev–Trinajstić information content (AvgIpc) is 3.15. The number of ketones is 1. The van der Waals surface area contributed by atoms with Crippen LogP contribution in [-0.4, -0.2) is 23.0 Å². The molecule has 1 aromatic heterocycles. The van der Waals surface area contributed by atoms with E-state index in [9.17, 15) is 14.9 Å². The van der Waals surface area contributed by atoms with Crippen molar-refractivity contribution in [2.24, 2.45) is 0 Å². The molecule has 4 rings (SSSR count). The number of benzene rings is 2. The second kappa shape index (κ2) is 7.94. The fraction of sp³-hybridized carbons (Fsp3) is 0.217. The molecule has 0 saturated heterocycles. The lowest BCUT2D eigenvalue weighted by atomic mass is 9.72. The van der Waals surface area contributed by atoms with Gasteiger partial charge in [0, 0.05) is 5.92 Å². The molecule has 0 N–H and O–H groups in total. The summed E-state index contributed by atoms with van der Waals surface area (Å²) in [6.45, 7) is 1.51. The van der Waals surface area contributed by atoms with Crippen molar-refractivity contribution in [3.05, 3.63) is 93.4 Å². The minimum Gasteiger partial charge on any atom is -0.497 e. The van der Waals surface area contributed by atoms with Crippen LogP contribution in [0, 0.1) is 17.0 Å². The molecule has 2 atom stereocenters. The molecule has 1 heterocycles. The minimum absolute atomic E-state index is 0.00618. The fourth-order valence-corrected chi connectivity index (χ4v) is 4.01. The van der Waals surface area contributed by atoms with Crippen LogP contribution in [0.25, 0.3) is 5.57 Å². The molecule has 0 fully saturated rings. The number of nitrogens with zero attached hydrogens (tertiary/aromatic N) is 2. The quantitative estimate of drug-likeness (QED) is 0.447. The molecule has 0 amide bonds. The van der Waals surface area contributed by atoms with Crippen molar-refractivity contribution in [1.29, 1.82) is 0 Å². The predicted octanol–water partition coefficient (Wildman–Crippen LogP) is 4.82. The molecule has 152 valence electrons. The zero-order valence-corrected chi connectivity index (χ0v) is 16.6. The second-order valence-corrected chi connectivity index (χ2v) is 7.24. The highest BCUT2D eigenvalue weighted by atomic mass is 16.6. The monoisotopic (exact) mass is 404 g/mol. The van der Waals surface area contributed by atoms with Crippen LogP contribution in [-0.2, 0) is 4.79 Å². The first-order chi connectivity index (χ1) is 14.5. The van der Waals surface area contributed by atoms with E-state index in [-0.39, 0.29) is 28.8 Å². The van der Waals surface area contributed by atoms with Crippen LogP contribution in [0.3, 0.4) is 0 Å². The van der Waals surface area contributed by atoms with Gasteiger partial charge in [-0.15, -0.1) is 0 Å². The molecule has 3 aromatic rings. The van der Waals surface area contributed by atoms with E-state index >= 15 is 0 Å². The molecule has 0 spiro atoms. The van der Waals surface area contributed by atoms with Crippen molar-refractivity contribution >= 4 is 17.0 Å². The SMILES string of the molecule is COc1ccc([C@@H]2CC(c3ccccc3)=CC(=O)[C@H]2c2onc(C)c2[N+](=O)[O-])cc1. The van der Waals surface area contributed by atoms with Gasteiger partial charge in [0.05, 0.1) is 18.0 Å². The van der Waals surface area contributed by atoms with Crippen LogP contribution in [0.4, 0.5) is 5.69 Å². The molecule has 7 nitrogen and oxygen atoms in total. The Labute approximate surface area is 173 Å². The van der Waals surface area contributed by atoms with Gasteiger partial charge in [0.15, 0.2) is 11.5 Å². The van der Waals surface area contributed by atoms with Crippen molar-refractivity contribution in [1.82, 2.24) is 5.16 Å². The number of hydrogen-bond donors (Lipinski definition) is 0. The first-order valence-corrected chi connectivity index (χ1v) is 9.54. The third-order valence-electron chi connectivity index (χ3n) is 5.48. The molecule has 7 heteroatoms. The van der Waals surface area contributed by atoms with Gasteiger partial charge in [0.1, 0.15) is 5.75 Å². The fourth-order valence-electron chi connectivity index (χ4n) is 4.01. The van der Waals surface area contributed by atoms with E-state index in [1.807, 2.05) is 54.6 Å². The maximum Gasteiger partial charge on any atom is 0.335 e. The summed E-state index contributed by atoms with van der Waals surface area (Å²) in [6, 6.07) is 17.0. The Balaban J connectivity index is 1.84. The number of nitro groups is 1. The molecule has 0 bridgehead atoms. The van der Waals surface area contributed by atoms with E-state index in [0.717, 1.165) is 16.7 Å². The zero-order valence-electron chi connectivity index (χ0n) is 16.6. The average molecular weight is 404 g/mol. The van der Waals surface area contributed by atoms with Crippen LogP contribution >= 0.6 is 0 Å². The Kier molecular flexibility index (Phi) is 5.18. The third kappa shape index (κ3) is 3.50. The molecule has 1 aliphatic carbocycles. The van der Waals surface area contributed by atoms with Crippen LogP contribution < -0.4 is 4.74 Å². The minimum atomic E-state index is -0.826. The number of carbonyl (C=O) groups is 1. The van der Waals surface area contributed by atoms with Gasteiger partial charge in [-0.2, -0.15) is 0 Å². The lowest BCUT2D eigenvalue weighted by Gasteiger charge is -2.29. The van der Waals surface area contributed by atoms with Crippen LogP contribution in [0.1, 0.15) is 40.8 Å². The van der Waals surface area contributed by atoms with Gasteiger partial charge in [-0.3, -0.25) is 14.9 Å². The molecule has 0 radical (unpaired) electrons. The van der Waals surface area contributed by atoms with Crippen molar-refractivity contribution in [2.75, 3.05) is 7.11 Å². The first kappa shape index (κ1) is 19.6. The number of methoxy groups -OCH3 is 1. The van der Waals surface area contributed by atoms with Gasteiger partial charge in [-0.25, -0.2) is 0 Å². The molecule has 0 saturated carbocycles. The van der Waals surface area contributed by atoms with Gasteiger partial charge in [-0.1, -0.05) is 47.6 Å². The Hall–Kier alpha value is -3.74. The second-order valence-electron chi connectivity index (χ2n) is 7.24. The number of rotatable bonds is 5. The third-order valence-corrected chi connectivity index (χ3v) is 5.48. The standard InChI is InChI=1S/C23H20N2O5/c1-14-22(25(27)28)23(30-24-14)21-19(16-8-10-18(29-2)11-9-16)12-17(13-20(21)26)15-6-4-3-5-7-15/h3-11,13,19,21H,12H2,1-2H3/t19-,21-/m0/s1. The summed E-state index contributed by atoms with van der Waals surface area (Å²) in [4.78, 5) is 24.4. The number of allylic oxidation sites excluding steroid dienone is 2. The molecule has 1 aliphatic rings. The van der Waals surface area contributed by atoms with Gasteiger partial charge in [0.25, 0.3) is 0 Å². The van der Waals surface area contributed by atoms with E-state index in [2.05, 4.69) is 5.16 Å². The van der Waals surface area contributed by atoms with Gasteiger partial charge in [-0.05, 0) is 48.3 Å². The molecule has 30 heavy (non-hydrogen) atoms. The summed E-state index contributed by atoms with van der Waals surface area (Å²) < 4.78 is 10.6. The Morgan fingerprint density at radius 1 is 1.13 bits per heavy atom. The van der Waals surface area contributed by atoms with Crippen molar-refractivity contribution < 1.29 is 19.0 Å². The Morgan fingerprint density at radius 3 is 2.47 bits per heavy atom. The maximum atomic E-state index is 13.3. The topological polar surface area (TPSA) is 95.5 Å². The van der Waals surface area contributed by atoms with Crippen molar-refractivity contribution in [3.8, 4) is 5.75 Å². The zero-order chi connectivity index (χ0) is 21.3. The Morgan fingerprint density at radius 2 is 1.83 bits per heavy atom. The number of aromatic nitrogens is 1. The smallest absolute Gasteiger partial charge is 0.335 e. The summed E-state index contributed by atoms with van der Waals surface area (Å²) >= 11 is 0. The number of aryl methyl sites for hydroxylation is 1. The summed E-state index contributed by atoms with van der Waals surface area (Å²) in [5.74, 6) is -0.702. The highest BCUT2D eigenvalue weighted by Gasteiger charge is 2.42. The van der Waals surface area contributed by atoms with Crippen molar-refractivity contribution in [3.63, 3.8) is 0 Å².